The lowest BCUT2D eigenvalue weighted by molar-refractivity contribution is -0.00000635. The number of nitrogens with one attached hydrogen (secondary N) is 1. The van der Waals surface area contributed by atoms with E-state index in [1.807, 2.05) is 23.9 Å². The average Bonchev–Trinajstić information content (AvgIpc) is 2.42. The molecule has 0 aromatic heterocycles. The third kappa shape index (κ3) is 6.07. The van der Waals surface area contributed by atoms with Gasteiger partial charge < -0.3 is 27.6 Å². The molecule has 2 N–H and O–H groups in total. The van der Waals surface area contributed by atoms with Crippen LogP contribution in [-0.4, -0.2) is 35.7 Å². The number of thioether (sulfide) groups is 1. The summed E-state index contributed by atoms with van der Waals surface area (Å²) >= 11 is 1.86. The van der Waals surface area contributed by atoms with Crippen LogP contribution in [0.4, 0.5) is 0 Å². The first-order chi connectivity index (χ1) is 9.46. The molecule has 0 amide bonds. The van der Waals surface area contributed by atoms with Crippen molar-refractivity contribution >= 4 is 11.8 Å². The second-order valence-corrected chi connectivity index (χ2v) is 7.40. The van der Waals surface area contributed by atoms with E-state index in [0.29, 0.717) is 13.2 Å². The topological polar surface area (TPSA) is 41.5 Å². The van der Waals surface area contributed by atoms with Gasteiger partial charge in [-0.25, -0.2) is 0 Å². The fourth-order valence-electron chi connectivity index (χ4n) is 2.14. The van der Waals surface area contributed by atoms with Crippen molar-refractivity contribution < 1.29 is 23.7 Å². The maximum absolute atomic E-state index is 9.98. The number of aliphatic hydroxyl groups is 1. The molecule has 0 fully saturated rings. The smallest absolute Gasteiger partial charge is 1.00 e. The zero-order valence-electron chi connectivity index (χ0n) is 14.0. The summed E-state index contributed by atoms with van der Waals surface area (Å²) in [5.74, 6) is 2.07. The summed E-state index contributed by atoms with van der Waals surface area (Å²) in [5, 5.41) is 13.3. The minimum absolute atomic E-state index is 0. The van der Waals surface area contributed by atoms with Gasteiger partial charge in [0.2, 0.25) is 0 Å². The molecule has 0 bridgehead atoms. The molecule has 0 saturated carbocycles. The van der Waals surface area contributed by atoms with Crippen molar-refractivity contribution in [3.05, 3.63) is 23.8 Å². The van der Waals surface area contributed by atoms with Crippen molar-refractivity contribution in [3.63, 3.8) is 0 Å². The first-order valence-electron chi connectivity index (χ1n) is 7.26. The Bertz CT molecular complexity index is 454. The molecule has 3 nitrogen and oxygen atoms in total. The number of aliphatic hydroxyl groups excluding tert-OH is 1. The van der Waals surface area contributed by atoms with Gasteiger partial charge in [0.05, 0.1) is 4.90 Å². The molecule has 1 heterocycles. The molecule has 1 aliphatic heterocycles. The summed E-state index contributed by atoms with van der Waals surface area (Å²) in [7, 11) is 0. The molecule has 0 spiro atoms. The molecule has 0 aliphatic carbocycles. The van der Waals surface area contributed by atoms with Crippen LogP contribution in [-0.2, 0) is 6.42 Å². The van der Waals surface area contributed by atoms with Crippen molar-refractivity contribution in [2.45, 2.75) is 50.2 Å². The highest BCUT2D eigenvalue weighted by atomic mass is 35.5. The third-order valence-electron chi connectivity index (χ3n) is 3.20. The molecule has 1 unspecified atom stereocenters. The van der Waals surface area contributed by atoms with Crippen LogP contribution < -0.4 is 22.5 Å². The van der Waals surface area contributed by atoms with Crippen molar-refractivity contribution in [2.75, 3.05) is 18.9 Å². The Hall–Kier alpha value is -0.420. The molecule has 1 aromatic rings. The predicted molar refractivity (Wildman–Crippen MR) is 85.9 cm³/mol. The lowest BCUT2D eigenvalue weighted by atomic mass is 10.1. The Kier molecular flexibility index (Phi) is 7.34. The molecule has 1 atom stereocenters. The molecule has 5 heteroatoms. The van der Waals surface area contributed by atoms with E-state index in [0.717, 1.165) is 17.9 Å². The van der Waals surface area contributed by atoms with E-state index in [1.165, 1.54) is 16.9 Å². The molecular weight excluding hydrogens is 306 g/mol. The van der Waals surface area contributed by atoms with Crippen molar-refractivity contribution in [1.82, 2.24) is 5.32 Å². The van der Waals surface area contributed by atoms with Crippen LogP contribution in [0.15, 0.2) is 23.1 Å². The summed E-state index contributed by atoms with van der Waals surface area (Å²) in [6, 6.07) is 6.22. The minimum atomic E-state index is -0.487. The van der Waals surface area contributed by atoms with Gasteiger partial charge in [0.15, 0.2) is 0 Å². The van der Waals surface area contributed by atoms with Crippen molar-refractivity contribution in [3.8, 4) is 5.75 Å². The van der Waals surface area contributed by atoms with Crippen LogP contribution in [0.2, 0.25) is 0 Å². The fraction of sp³-hybridized carbons (Fsp3) is 0.625. The van der Waals surface area contributed by atoms with Gasteiger partial charge >= 0.3 is 1.43 Å². The van der Waals surface area contributed by atoms with Crippen molar-refractivity contribution in [2.24, 2.45) is 0 Å². The monoisotopic (exact) mass is 331 g/mol. The maximum atomic E-state index is 9.98. The number of benzene rings is 1. The van der Waals surface area contributed by atoms with Gasteiger partial charge in [-0.15, -0.1) is 11.8 Å². The van der Waals surface area contributed by atoms with Gasteiger partial charge in [0.25, 0.3) is 0 Å². The molecular formula is C16H26ClNO2S. The van der Waals surface area contributed by atoms with Crippen LogP contribution in [0.3, 0.4) is 0 Å². The number of ether oxygens (including phenoxy) is 1. The zero-order valence-corrected chi connectivity index (χ0v) is 14.6. The molecule has 2 rings (SSSR count). The molecule has 0 radical (unpaired) electrons. The van der Waals surface area contributed by atoms with Gasteiger partial charge in [-0.05, 0) is 51.0 Å². The van der Waals surface area contributed by atoms with Crippen molar-refractivity contribution in [1.29, 1.82) is 0 Å². The maximum Gasteiger partial charge on any atom is 1.00 e. The lowest BCUT2D eigenvalue weighted by Crippen LogP contribution is -3.00. The summed E-state index contributed by atoms with van der Waals surface area (Å²) in [6.07, 6.45) is 1.88. The SMILES string of the molecule is CC(C)(C)NCC(O)COc1cccc2c1SCCC2.[Cl-].[H+]. The molecule has 1 aliphatic rings. The van der Waals surface area contributed by atoms with E-state index in [9.17, 15) is 5.11 Å². The highest BCUT2D eigenvalue weighted by Gasteiger charge is 2.16. The normalized spacial score (nSPS) is 15.8. The Labute approximate surface area is 139 Å². The van der Waals surface area contributed by atoms with Gasteiger partial charge in [0.1, 0.15) is 18.5 Å². The number of hydrogen-bond donors (Lipinski definition) is 2. The first-order valence-corrected chi connectivity index (χ1v) is 8.25. The van der Waals surface area contributed by atoms with E-state index in [2.05, 4.69) is 32.2 Å². The lowest BCUT2D eigenvalue weighted by Gasteiger charge is -2.24. The van der Waals surface area contributed by atoms with E-state index in [-0.39, 0.29) is 19.4 Å². The Balaban J connectivity index is 0.00000220. The number of rotatable bonds is 5. The number of β-amino-alcohol motifs (C(OH)–C–C–N with tert-alkyl or cyclic N) is 1. The summed E-state index contributed by atoms with van der Waals surface area (Å²) < 4.78 is 5.82. The highest BCUT2D eigenvalue weighted by Crippen LogP contribution is 2.37. The summed E-state index contributed by atoms with van der Waals surface area (Å²) in [6.45, 7) is 7.14. The Morgan fingerprint density at radius 1 is 1.43 bits per heavy atom. The fourth-order valence-corrected chi connectivity index (χ4v) is 3.26. The summed E-state index contributed by atoms with van der Waals surface area (Å²) in [4.78, 5) is 1.26. The van der Waals surface area contributed by atoms with E-state index in [4.69, 9.17) is 4.74 Å². The zero-order chi connectivity index (χ0) is 14.6. The van der Waals surface area contributed by atoms with Crippen LogP contribution >= 0.6 is 11.8 Å². The Morgan fingerprint density at radius 2 is 2.19 bits per heavy atom. The minimum Gasteiger partial charge on any atom is -1.00 e. The quantitative estimate of drug-likeness (QED) is 0.795. The molecule has 120 valence electrons. The third-order valence-corrected chi connectivity index (χ3v) is 4.44. The van der Waals surface area contributed by atoms with Crippen LogP contribution in [0.1, 0.15) is 34.2 Å². The van der Waals surface area contributed by atoms with Crippen LogP contribution in [0, 0.1) is 0 Å². The van der Waals surface area contributed by atoms with E-state index < -0.39 is 6.10 Å². The number of halogens is 1. The van der Waals surface area contributed by atoms with Gasteiger partial charge in [-0.2, -0.15) is 0 Å². The Morgan fingerprint density at radius 3 is 2.90 bits per heavy atom. The molecule has 0 saturated heterocycles. The van der Waals surface area contributed by atoms with Gasteiger partial charge in [-0.1, -0.05) is 12.1 Å². The largest absolute Gasteiger partial charge is 1.00 e. The number of fused-ring (bicyclic) bond motifs is 1. The second-order valence-electron chi connectivity index (χ2n) is 6.29. The molecule has 21 heavy (non-hydrogen) atoms. The number of hydrogen-bond acceptors (Lipinski definition) is 4. The van der Waals surface area contributed by atoms with Gasteiger partial charge in [0, 0.05) is 12.1 Å². The second kappa shape index (κ2) is 8.28. The highest BCUT2D eigenvalue weighted by molar-refractivity contribution is 7.99. The van der Waals surface area contributed by atoms with Crippen LogP contribution in [0.25, 0.3) is 0 Å². The van der Waals surface area contributed by atoms with E-state index in [1.54, 1.807) is 0 Å². The summed E-state index contributed by atoms with van der Waals surface area (Å²) in [5.41, 5.74) is 1.39. The van der Waals surface area contributed by atoms with Crippen LogP contribution in [0.5, 0.6) is 5.75 Å². The standard InChI is InChI=1S/C16H25NO2S.ClH/c1-16(2,3)17-10-13(18)11-19-14-8-4-6-12-7-5-9-20-15(12)14;/h4,6,8,13,17-18H,5,7,9-11H2,1-3H3;1H. The first kappa shape index (κ1) is 18.6. The average molecular weight is 332 g/mol. The predicted octanol–water partition coefficient (Wildman–Crippen LogP) is -0.0308. The van der Waals surface area contributed by atoms with E-state index >= 15 is 0 Å². The molecule has 1 aromatic carbocycles. The number of aryl methyl sites for hydroxylation is 1. The van der Waals surface area contributed by atoms with Gasteiger partial charge in [-0.3, -0.25) is 0 Å².